The van der Waals surface area contributed by atoms with Gasteiger partial charge in [0.1, 0.15) is 5.82 Å². The smallest absolute Gasteiger partial charge is 0.224 e. The first-order valence-corrected chi connectivity index (χ1v) is 10.3. The van der Waals surface area contributed by atoms with E-state index in [0.717, 1.165) is 0 Å². The van der Waals surface area contributed by atoms with Crippen molar-refractivity contribution in [1.29, 1.82) is 0 Å². The molecule has 148 valence electrons. The summed E-state index contributed by atoms with van der Waals surface area (Å²) in [5, 5.41) is 9.75. The van der Waals surface area contributed by atoms with Gasteiger partial charge in [-0.1, -0.05) is 0 Å². The molecule has 0 saturated heterocycles. The number of anilines is 2. The minimum absolute atomic E-state index is 0.0824. The van der Waals surface area contributed by atoms with Gasteiger partial charge in [-0.3, -0.25) is 14.3 Å². The van der Waals surface area contributed by atoms with Gasteiger partial charge in [0, 0.05) is 31.3 Å². The first-order valence-electron chi connectivity index (χ1n) is 8.59. The Morgan fingerprint density at radius 2 is 2.11 bits per heavy atom. The fraction of sp³-hybridized carbons (Fsp3) is 0.333. The van der Waals surface area contributed by atoms with Crippen molar-refractivity contribution in [3.05, 3.63) is 40.9 Å². The van der Waals surface area contributed by atoms with Crippen LogP contribution in [0.25, 0.3) is 0 Å². The molecule has 1 aliphatic rings. The van der Waals surface area contributed by atoms with Crippen molar-refractivity contribution in [2.75, 3.05) is 10.6 Å². The van der Waals surface area contributed by atoms with E-state index in [9.17, 15) is 14.0 Å². The molecule has 0 aliphatic heterocycles. The van der Waals surface area contributed by atoms with Gasteiger partial charge in [0.05, 0.1) is 39.2 Å². The minimum atomic E-state index is -0.378. The number of carbonyl (C=O) groups excluding carboxylic acids is 2. The molecule has 1 saturated carbocycles. The van der Waals surface area contributed by atoms with E-state index in [-0.39, 0.29) is 35.2 Å². The number of hydrogen-bond acceptors (Lipinski definition) is 4. The molecule has 7 nitrogen and oxygen atoms in total. The average Bonchev–Trinajstić information content (AvgIpc) is 3.02. The van der Waals surface area contributed by atoms with Crippen molar-refractivity contribution in [2.45, 2.75) is 19.3 Å². The van der Waals surface area contributed by atoms with Crippen LogP contribution in [-0.4, -0.2) is 27.3 Å². The van der Waals surface area contributed by atoms with E-state index in [1.165, 1.54) is 6.07 Å². The molecule has 2 N–H and O–H groups in total. The van der Waals surface area contributed by atoms with E-state index >= 15 is 0 Å². The molecule has 1 aromatic carbocycles. The number of nitrogens with one attached hydrogen (secondary N) is 2. The third kappa shape index (κ3) is 5.16. The average molecular weight is 562 g/mol. The predicted octanol–water partition coefficient (Wildman–Crippen LogP) is 4.11. The monoisotopic (exact) mass is 561 g/mol. The number of carbonyl (C=O) groups is 2. The van der Waals surface area contributed by atoms with Crippen molar-refractivity contribution in [3.8, 4) is 0 Å². The fourth-order valence-corrected chi connectivity index (χ4v) is 3.84. The zero-order valence-corrected chi connectivity index (χ0v) is 18.7. The Morgan fingerprint density at radius 3 is 2.71 bits per heavy atom. The maximum absolute atomic E-state index is 13.3. The van der Waals surface area contributed by atoms with Gasteiger partial charge in [-0.25, -0.2) is 4.39 Å². The SMILES string of the molecule is Cn1cc(NC(=O)CC2CC(C(=O)/C(=N/I)Nc3ccc(F)c(Br)c3)C2)cn1. The molecule has 1 heterocycles. The Labute approximate surface area is 183 Å². The Hall–Kier alpha value is -1.82. The van der Waals surface area contributed by atoms with Crippen LogP contribution in [-0.2, 0) is 16.6 Å². The molecular weight excluding hydrogens is 544 g/mol. The maximum Gasteiger partial charge on any atom is 0.224 e. The second-order valence-corrected chi connectivity index (χ2v) is 8.08. The summed E-state index contributed by atoms with van der Waals surface area (Å²) in [5.74, 6) is -0.333. The molecule has 0 bridgehead atoms. The Kier molecular flexibility index (Phi) is 6.81. The molecule has 2 aromatic rings. The highest BCUT2D eigenvalue weighted by Crippen LogP contribution is 2.37. The number of amides is 1. The molecule has 1 aliphatic carbocycles. The summed E-state index contributed by atoms with van der Waals surface area (Å²) in [6.45, 7) is 0. The summed E-state index contributed by atoms with van der Waals surface area (Å²) in [5.41, 5.74) is 1.23. The Bertz CT molecular complexity index is 926. The van der Waals surface area contributed by atoms with Crippen LogP contribution in [0.1, 0.15) is 19.3 Å². The van der Waals surface area contributed by atoms with Gasteiger partial charge in [-0.15, -0.1) is 0 Å². The largest absolute Gasteiger partial charge is 0.337 e. The van der Waals surface area contributed by atoms with E-state index in [2.05, 4.69) is 34.9 Å². The lowest BCUT2D eigenvalue weighted by atomic mass is 9.71. The Morgan fingerprint density at radius 1 is 1.36 bits per heavy atom. The van der Waals surface area contributed by atoms with Crippen molar-refractivity contribution in [1.82, 2.24) is 9.78 Å². The van der Waals surface area contributed by atoms with Crippen LogP contribution in [0.2, 0.25) is 0 Å². The first kappa shape index (κ1) is 20.9. The predicted molar refractivity (Wildman–Crippen MR) is 117 cm³/mol. The second-order valence-electron chi connectivity index (χ2n) is 6.74. The molecule has 10 heteroatoms. The second kappa shape index (κ2) is 9.12. The summed E-state index contributed by atoms with van der Waals surface area (Å²) < 4.78 is 19.3. The zero-order chi connectivity index (χ0) is 20.3. The normalized spacial score (nSPS) is 19.1. The van der Waals surface area contributed by atoms with Gasteiger partial charge in [-0.05, 0) is 52.9 Å². The number of benzene rings is 1. The molecule has 0 unspecified atom stereocenters. The lowest BCUT2D eigenvalue weighted by Gasteiger charge is -2.33. The van der Waals surface area contributed by atoms with Crippen LogP contribution < -0.4 is 10.6 Å². The fourth-order valence-electron chi connectivity index (χ4n) is 3.10. The number of Topliss-reactive ketones (excluding diaryl/α,β-unsaturated/α-hetero) is 1. The van der Waals surface area contributed by atoms with Gasteiger partial charge in [0.15, 0.2) is 5.84 Å². The number of aryl methyl sites for hydroxylation is 1. The van der Waals surface area contributed by atoms with Crippen LogP contribution >= 0.6 is 38.8 Å². The molecule has 1 amide bonds. The molecule has 0 atom stereocenters. The van der Waals surface area contributed by atoms with Gasteiger partial charge < -0.3 is 10.6 Å². The topological polar surface area (TPSA) is 88.4 Å². The number of rotatable bonds is 6. The number of aromatic nitrogens is 2. The number of amidine groups is 1. The summed E-state index contributed by atoms with van der Waals surface area (Å²) >= 11 is 4.89. The third-order valence-electron chi connectivity index (χ3n) is 4.57. The van der Waals surface area contributed by atoms with Gasteiger partial charge in [0.2, 0.25) is 11.7 Å². The van der Waals surface area contributed by atoms with Crippen molar-refractivity contribution < 1.29 is 14.0 Å². The molecule has 0 radical (unpaired) electrons. The minimum Gasteiger partial charge on any atom is -0.337 e. The van der Waals surface area contributed by atoms with Crippen molar-refractivity contribution in [2.24, 2.45) is 22.1 Å². The van der Waals surface area contributed by atoms with Gasteiger partial charge in [0.25, 0.3) is 0 Å². The van der Waals surface area contributed by atoms with Gasteiger partial charge in [-0.2, -0.15) is 8.30 Å². The summed E-state index contributed by atoms with van der Waals surface area (Å²) in [6.07, 6.45) is 4.97. The number of nitrogens with zero attached hydrogens (tertiary/aromatic N) is 3. The third-order valence-corrected chi connectivity index (χ3v) is 5.66. The van der Waals surface area contributed by atoms with Crippen molar-refractivity contribution >= 4 is 67.7 Å². The van der Waals surface area contributed by atoms with Crippen LogP contribution in [0, 0.1) is 17.7 Å². The van der Waals surface area contributed by atoms with Crippen LogP contribution in [0.4, 0.5) is 15.8 Å². The highest BCUT2D eigenvalue weighted by atomic mass is 127. The maximum atomic E-state index is 13.3. The molecule has 0 spiro atoms. The number of halogens is 3. The molecule has 3 rings (SSSR count). The number of hydrogen-bond donors (Lipinski definition) is 2. The zero-order valence-electron chi connectivity index (χ0n) is 15.0. The Balaban J connectivity index is 1.49. The highest BCUT2D eigenvalue weighted by molar-refractivity contribution is 14.1. The standard InChI is InChI=1S/C18H18BrFIN5O2/c1-26-9-13(8-22-26)23-16(27)6-10-4-11(5-10)17(28)18(25-21)24-12-2-3-15(20)14(19)7-12/h2-3,7-11H,4-6H2,1H3,(H,23,27)(H,24,25). The van der Waals surface area contributed by atoms with E-state index < -0.39 is 0 Å². The summed E-state index contributed by atoms with van der Waals surface area (Å²) in [7, 11) is 1.78. The summed E-state index contributed by atoms with van der Waals surface area (Å²) in [6, 6.07) is 4.40. The van der Waals surface area contributed by atoms with Crippen molar-refractivity contribution in [3.63, 3.8) is 0 Å². The van der Waals surface area contributed by atoms with Crippen LogP contribution in [0.15, 0.2) is 38.3 Å². The van der Waals surface area contributed by atoms with Crippen LogP contribution in [0.3, 0.4) is 0 Å². The van der Waals surface area contributed by atoms with E-state index in [4.69, 9.17) is 0 Å². The lowest BCUT2D eigenvalue weighted by molar-refractivity contribution is -0.123. The van der Waals surface area contributed by atoms with Gasteiger partial charge >= 0.3 is 0 Å². The molecule has 1 fully saturated rings. The van der Waals surface area contributed by atoms with Crippen LogP contribution in [0.5, 0.6) is 0 Å². The number of ketones is 1. The quantitative estimate of drug-likeness (QED) is 0.316. The molecule has 28 heavy (non-hydrogen) atoms. The first-order chi connectivity index (χ1) is 13.4. The lowest BCUT2D eigenvalue weighted by Crippen LogP contribution is -2.38. The molecule has 1 aromatic heterocycles. The van der Waals surface area contributed by atoms with E-state index in [1.54, 1.807) is 59.1 Å². The summed E-state index contributed by atoms with van der Waals surface area (Å²) in [4.78, 5) is 24.7. The molecular formula is C18H18BrFIN5O2. The highest BCUT2D eigenvalue weighted by Gasteiger charge is 2.37. The van der Waals surface area contributed by atoms with E-state index in [1.807, 2.05) is 0 Å². The van der Waals surface area contributed by atoms with E-state index in [0.29, 0.717) is 35.1 Å².